The van der Waals surface area contributed by atoms with Crippen LogP contribution < -0.4 is 5.32 Å². The molecule has 18 heavy (non-hydrogen) atoms. The van der Waals surface area contributed by atoms with E-state index in [1.54, 1.807) is 0 Å². The van der Waals surface area contributed by atoms with Crippen molar-refractivity contribution in [3.8, 4) is 5.69 Å². The van der Waals surface area contributed by atoms with E-state index in [2.05, 4.69) is 62.4 Å². The summed E-state index contributed by atoms with van der Waals surface area (Å²) in [5.41, 5.74) is 6.02. The Hall–Kier alpha value is -1.61. The van der Waals surface area contributed by atoms with Crippen LogP contribution >= 0.6 is 0 Å². The van der Waals surface area contributed by atoms with Gasteiger partial charge in [-0.05, 0) is 50.6 Å². The molecule has 0 bridgehead atoms. The molecule has 0 spiro atoms. The molecule has 96 valence electrons. The van der Waals surface area contributed by atoms with E-state index < -0.39 is 0 Å². The van der Waals surface area contributed by atoms with Gasteiger partial charge in [0, 0.05) is 12.2 Å². The lowest BCUT2D eigenvalue weighted by atomic mass is 10.2. The number of hydrogen-bond donors (Lipinski definition) is 1. The first kappa shape index (κ1) is 12.8. The molecule has 1 aromatic carbocycles. The highest BCUT2D eigenvalue weighted by Gasteiger charge is 2.08. The van der Waals surface area contributed by atoms with E-state index >= 15 is 0 Å². The molecule has 0 atom stereocenters. The lowest BCUT2D eigenvalue weighted by molar-refractivity contribution is 0.726. The maximum atomic E-state index is 4.57. The number of benzene rings is 1. The Morgan fingerprint density at radius 2 is 1.78 bits per heavy atom. The molecule has 0 radical (unpaired) electrons. The van der Waals surface area contributed by atoms with Crippen LogP contribution in [0, 0.1) is 20.8 Å². The fourth-order valence-electron chi connectivity index (χ4n) is 2.00. The zero-order valence-electron chi connectivity index (χ0n) is 11.6. The van der Waals surface area contributed by atoms with Crippen molar-refractivity contribution in [1.29, 1.82) is 0 Å². The summed E-state index contributed by atoms with van der Waals surface area (Å²) in [5.74, 6) is 0. The number of hydrogen-bond acceptors (Lipinski definition) is 2. The standard InChI is InChI=1S/C15H21N3/c1-5-16-10-14-6-8-15(9-7-14)18-13(4)11(2)12(3)17-18/h6-9,16H,5,10H2,1-4H3. The van der Waals surface area contributed by atoms with Crippen LogP contribution in [0.3, 0.4) is 0 Å². The second-order valence-corrected chi connectivity index (χ2v) is 4.65. The number of aryl methyl sites for hydroxylation is 1. The Balaban J connectivity index is 2.26. The third-order valence-corrected chi connectivity index (χ3v) is 3.41. The van der Waals surface area contributed by atoms with Gasteiger partial charge >= 0.3 is 0 Å². The summed E-state index contributed by atoms with van der Waals surface area (Å²) < 4.78 is 2.02. The molecule has 0 saturated heterocycles. The van der Waals surface area contributed by atoms with Gasteiger partial charge in [0.2, 0.25) is 0 Å². The largest absolute Gasteiger partial charge is 0.313 e. The van der Waals surface area contributed by atoms with Gasteiger partial charge in [0.15, 0.2) is 0 Å². The summed E-state index contributed by atoms with van der Waals surface area (Å²) >= 11 is 0. The van der Waals surface area contributed by atoms with E-state index in [1.165, 1.54) is 16.8 Å². The minimum Gasteiger partial charge on any atom is -0.313 e. The normalized spacial score (nSPS) is 10.9. The molecule has 1 heterocycles. The molecule has 2 rings (SSSR count). The molecular weight excluding hydrogens is 222 g/mol. The maximum absolute atomic E-state index is 4.57. The summed E-state index contributed by atoms with van der Waals surface area (Å²) in [6.07, 6.45) is 0. The van der Waals surface area contributed by atoms with E-state index in [-0.39, 0.29) is 0 Å². The molecular formula is C15H21N3. The predicted molar refractivity (Wildman–Crippen MR) is 75.2 cm³/mol. The van der Waals surface area contributed by atoms with Crippen LogP contribution in [0.5, 0.6) is 0 Å². The lowest BCUT2D eigenvalue weighted by Gasteiger charge is -2.07. The Labute approximate surface area is 109 Å². The summed E-state index contributed by atoms with van der Waals surface area (Å²) in [4.78, 5) is 0. The van der Waals surface area contributed by atoms with E-state index in [0.29, 0.717) is 0 Å². The van der Waals surface area contributed by atoms with Crippen molar-refractivity contribution < 1.29 is 0 Å². The highest BCUT2D eigenvalue weighted by molar-refractivity contribution is 5.38. The molecule has 0 aliphatic heterocycles. The van der Waals surface area contributed by atoms with Gasteiger partial charge in [0.1, 0.15) is 0 Å². The quantitative estimate of drug-likeness (QED) is 0.895. The van der Waals surface area contributed by atoms with Crippen molar-refractivity contribution in [1.82, 2.24) is 15.1 Å². The number of rotatable bonds is 4. The van der Waals surface area contributed by atoms with Crippen molar-refractivity contribution >= 4 is 0 Å². The topological polar surface area (TPSA) is 29.9 Å². The van der Waals surface area contributed by atoms with Crippen molar-refractivity contribution in [3.05, 3.63) is 46.8 Å². The summed E-state index contributed by atoms with van der Waals surface area (Å²) in [6, 6.07) is 8.57. The van der Waals surface area contributed by atoms with Crippen LogP contribution in [0.2, 0.25) is 0 Å². The van der Waals surface area contributed by atoms with Gasteiger partial charge in [-0.15, -0.1) is 0 Å². The molecule has 0 saturated carbocycles. The average molecular weight is 243 g/mol. The monoisotopic (exact) mass is 243 g/mol. The SMILES string of the molecule is CCNCc1ccc(-n2nc(C)c(C)c2C)cc1. The molecule has 0 aliphatic carbocycles. The highest BCUT2D eigenvalue weighted by Crippen LogP contribution is 2.17. The van der Waals surface area contributed by atoms with Crippen molar-refractivity contribution in [2.24, 2.45) is 0 Å². The van der Waals surface area contributed by atoms with Gasteiger partial charge in [-0.2, -0.15) is 5.10 Å². The van der Waals surface area contributed by atoms with Gasteiger partial charge in [0.25, 0.3) is 0 Å². The first-order chi connectivity index (χ1) is 8.63. The minimum absolute atomic E-state index is 0.924. The molecule has 3 heteroatoms. The zero-order chi connectivity index (χ0) is 13.1. The Bertz CT molecular complexity index is 523. The lowest BCUT2D eigenvalue weighted by Crippen LogP contribution is -2.11. The fourth-order valence-corrected chi connectivity index (χ4v) is 2.00. The van der Waals surface area contributed by atoms with Crippen LogP contribution in [0.1, 0.15) is 29.4 Å². The molecule has 3 nitrogen and oxygen atoms in total. The molecule has 0 aliphatic rings. The molecule has 0 fully saturated rings. The molecule has 0 amide bonds. The minimum atomic E-state index is 0.924. The smallest absolute Gasteiger partial charge is 0.0649 e. The molecule has 1 N–H and O–H groups in total. The predicted octanol–water partition coefficient (Wildman–Crippen LogP) is 2.91. The maximum Gasteiger partial charge on any atom is 0.0649 e. The van der Waals surface area contributed by atoms with Gasteiger partial charge in [-0.1, -0.05) is 19.1 Å². The highest BCUT2D eigenvalue weighted by atomic mass is 15.3. The van der Waals surface area contributed by atoms with Crippen LogP contribution in [-0.4, -0.2) is 16.3 Å². The van der Waals surface area contributed by atoms with Crippen molar-refractivity contribution in [2.45, 2.75) is 34.2 Å². The molecule has 1 aromatic heterocycles. The third-order valence-electron chi connectivity index (χ3n) is 3.41. The van der Waals surface area contributed by atoms with E-state index in [9.17, 15) is 0 Å². The van der Waals surface area contributed by atoms with Gasteiger partial charge < -0.3 is 5.32 Å². The molecule has 0 unspecified atom stereocenters. The Morgan fingerprint density at radius 1 is 1.11 bits per heavy atom. The van der Waals surface area contributed by atoms with Gasteiger partial charge in [-0.25, -0.2) is 4.68 Å². The fraction of sp³-hybridized carbons (Fsp3) is 0.400. The summed E-state index contributed by atoms with van der Waals surface area (Å²) in [6.45, 7) is 10.3. The van der Waals surface area contributed by atoms with Crippen LogP contribution in [-0.2, 0) is 6.54 Å². The average Bonchev–Trinajstić information content (AvgIpc) is 2.65. The summed E-state index contributed by atoms with van der Waals surface area (Å²) in [5, 5.41) is 7.90. The second-order valence-electron chi connectivity index (χ2n) is 4.65. The van der Waals surface area contributed by atoms with Gasteiger partial charge in [0.05, 0.1) is 11.4 Å². The van der Waals surface area contributed by atoms with Gasteiger partial charge in [-0.3, -0.25) is 0 Å². The Kier molecular flexibility index (Phi) is 3.82. The van der Waals surface area contributed by atoms with E-state index in [1.807, 2.05) is 4.68 Å². The number of aromatic nitrogens is 2. The van der Waals surface area contributed by atoms with E-state index in [0.717, 1.165) is 24.5 Å². The first-order valence-corrected chi connectivity index (χ1v) is 6.46. The van der Waals surface area contributed by atoms with Crippen molar-refractivity contribution in [2.75, 3.05) is 6.54 Å². The Morgan fingerprint density at radius 3 is 2.28 bits per heavy atom. The second kappa shape index (κ2) is 5.36. The third kappa shape index (κ3) is 2.46. The number of nitrogens with zero attached hydrogens (tertiary/aromatic N) is 2. The van der Waals surface area contributed by atoms with Crippen LogP contribution in [0.25, 0.3) is 5.69 Å². The van der Waals surface area contributed by atoms with Crippen LogP contribution in [0.4, 0.5) is 0 Å². The van der Waals surface area contributed by atoms with Crippen LogP contribution in [0.15, 0.2) is 24.3 Å². The molecule has 2 aromatic rings. The number of nitrogens with one attached hydrogen (secondary N) is 1. The summed E-state index contributed by atoms with van der Waals surface area (Å²) in [7, 11) is 0. The zero-order valence-corrected chi connectivity index (χ0v) is 11.6. The first-order valence-electron chi connectivity index (χ1n) is 6.46. The van der Waals surface area contributed by atoms with E-state index in [4.69, 9.17) is 0 Å². The van der Waals surface area contributed by atoms with Crippen molar-refractivity contribution in [3.63, 3.8) is 0 Å².